The summed E-state index contributed by atoms with van der Waals surface area (Å²) in [4.78, 5) is 22.7. The van der Waals surface area contributed by atoms with Crippen molar-refractivity contribution in [1.82, 2.24) is 20.2 Å². The zero-order valence-electron chi connectivity index (χ0n) is 16.6. The van der Waals surface area contributed by atoms with Gasteiger partial charge in [0, 0.05) is 66.5 Å². The monoisotopic (exact) mass is 422 g/mol. The zero-order chi connectivity index (χ0) is 20.3. The highest BCUT2D eigenvalue weighted by Gasteiger charge is 2.42. The topological polar surface area (TPSA) is 70.2 Å². The Morgan fingerprint density at radius 2 is 2.03 bits per heavy atom. The number of hydrogen-bond acceptors (Lipinski definition) is 4. The van der Waals surface area contributed by atoms with Gasteiger partial charge in [-0.15, -0.1) is 0 Å². The van der Waals surface area contributed by atoms with E-state index in [0.29, 0.717) is 16.9 Å². The molecule has 2 fully saturated rings. The summed E-state index contributed by atoms with van der Waals surface area (Å²) in [7, 11) is 0. The number of nitrogens with zero attached hydrogens (tertiary/aromatic N) is 2. The lowest BCUT2D eigenvalue weighted by Crippen LogP contribution is -2.59. The molecule has 0 unspecified atom stereocenters. The Balaban J connectivity index is 1.29. The van der Waals surface area contributed by atoms with E-state index in [0.717, 1.165) is 72.5 Å². The van der Waals surface area contributed by atoms with Crippen molar-refractivity contribution in [3.05, 3.63) is 47.2 Å². The molecule has 1 spiro atoms. The number of likely N-dealkylation sites (tertiary alicyclic amines) is 1. The van der Waals surface area contributed by atoms with Crippen LogP contribution in [0.2, 0.25) is 5.02 Å². The van der Waals surface area contributed by atoms with E-state index in [-0.39, 0.29) is 5.91 Å². The van der Waals surface area contributed by atoms with Crippen LogP contribution in [0.1, 0.15) is 18.4 Å². The van der Waals surface area contributed by atoms with Gasteiger partial charge in [-0.2, -0.15) is 0 Å². The van der Waals surface area contributed by atoms with Crippen molar-refractivity contribution < 1.29 is 9.53 Å². The van der Waals surface area contributed by atoms with E-state index < -0.39 is 6.10 Å². The van der Waals surface area contributed by atoms with Crippen LogP contribution in [0.4, 0.5) is 0 Å². The van der Waals surface area contributed by atoms with Crippen LogP contribution in [-0.2, 0) is 11.2 Å². The molecule has 0 radical (unpaired) electrons. The Labute approximate surface area is 179 Å². The number of H-pyrrole nitrogens is 1. The van der Waals surface area contributed by atoms with E-state index in [2.05, 4.69) is 15.3 Å². The van der Waals surface area contributed by atoms with E-state index in [9.17, 15) is 4.79 Å². The van der Waals surface area contributed by atoms with Gasteiger partial charge in [-0.3, -0.25) is 4.79 Å². The highest BCUT2D eigenvalue weighted by atomic mass is 35.5. The molecule has 1 atom stereocenters. The van der Waals surface area contributed by atoms with Crippen molar-refractivity contribution in [3.63, 3.8) is 0 Å². The van der Waals surface area contributed by atoms with E-state index in [1.165, 1.54) is 0 Å². The maximum Gasteiger partial charge on any atom is 0.263 e. The quantitative estimate of drug-likeness (QED) is 0.664. The molecular formula is C23H23ClN4O2. The maximum absolute atomic E-state index is 13.2. The van der Waals surface area contributed by atoms with Gasteiger partial charge in [0.1, 0.15) is 11.4 Å². The fourth-order valence-electron chi connectivity index (χ4n) is 5.10. The van der Waals surface area contributed by atoms with Gasteiger partial charge in [-0.25, -0.2) is 4.98 Å². The first-order chi connectivity index (χ1) is 14.6. The first-order valence-electron chi connectivity index (χ1n) is 10.5. The molecule has 1 amide bonds. The van der Waals surface area contributed by atoms with Gasteiger partial charge in [-0.05, 0) is 48.1 Å². The lowest BCUT2D eigenvalue weighted by Gasteiger charge is -2.48. The molecular weight excluding hydrogens is 400 g/mol. The standard InChI is InChI=1S/C23H23ClN4O2/c24-15-9-14-10-19(22(29)28-7-3-23(4-8-28)12-25-13-23)30-20(14)18(11-15)16-1-5-26-21-17(16)2-6-27-21/h1-2,5-6,9,11,19,25H,3-4,7-8,10,12-13H2,(H,26,27)/t19-/m1/s1. The molecule has 30 heavy (non-hydrogen) atoms. The first-order valence-corrected chi connectivity index (χ1v) is 10.9. The highest BCUT2D eigenvalue weighted by molar-refractivity contribution is 6.31. The van der Waals surface area contributed by atoms with Gasteiger partial charge in [0.25, 0.3) is 5.91 Å². The second-order valence-electron chi connectivity index (χ2n) is 8.78. The molecule has 2 N–H and O–H groups in total. The number of amides is 1. The van der Waals surface area contributed by atoms with Crippen LogP contribution in [0.3, 0.4) is 0 Å². The number of carbonyl (C=O) groups excluding carboxylic acids is 1. The zero-order valence-corrected chi connectivity index (χ0v) is 17.3. The summed E-state index contributed by atoms with van der Waals surface area (Å²) in [5, 5.41) is 5.03. The van der Waals surface area contributed by atoms with Gasteiger partial charge in [0.05, 0.1) is 0 Å². The molecule has 0 bridgehead atoms. The number of pyridine rings is 1. The number of rotatable bonds is 2. The van der Waals surface area contributed by atoms with Gasteiger partial charge >= 0.3 is 0 Å². The lowest BCUT2D eigenvalue weighted by atomic mass is 9.73. The Kier molecular flexibility index (Phi) is 4.08. The van der Waals surface area contributed by atoms with Crippen molar-refractivity contribution in [3.8, 4) is 16.9 Å². The summed E-state index contributed by atoms with van der Waals surface area (Å²) >= 11 is 6.45. The number of piperidine rings is 1. The summed E-state index contributed by atoms with van der Waals surface area (Å²) in [6.45, 7) is 3.81. The minimum Gasteiger partial charge on any atom is -0.479 e. The molecule has 5 heterocycles. The van der Waals surface area contributed by atoms with Crippen LogP contribution in [0.25, 0.3) is 22.2 Å². The van der Waals surface area contributed by atoms with Gasteiger partial charge in [-0.1, -0.05) is 11.6 Å². The van der Waals surface area contributed by atoms with Crippen molar-refractivity contribution in [1.29, 1.82) is 0 Å². The summed E-state index contributed by atoms with van der Waals surface area (Å²) in [5.41, 5.74) is 4.15. The molecule has 3 aromatic rings. The van der Waals surface area contributed by atoms with Crippen LogP contribution in [-0.4, -0.2) is 53.1 Å². The second kappa shape index (κ2) is 6.72. The summed E-state index contributed by atoms with van der Waals surface area (Å²) in [6.07, 6.45) is 5.88. The molecule has 6 nitrogen and oxygen atoms in total. The van der Waals surface area contributed by atoms with Gasteiger partial charge in [0.15, 0.2) is 6.10 Å². The fourth-order valence-corrected chi connectivity index (χ4v) is 5.34. The third-order valence-corrected chi connectivity index (χ3v) is 7.18. The molecule has 2 saturated heterocycles. The lowest BCUT2D eigenvalue weighted by molar-refractivity contribution is -0.140. The number of benzene rings is 1. The third-order valence-electron chi connectivity index (χ3n) is 6.96. The minimum atomic E-state index is -0.477. The van der Waals surface area contributed by atoms with E-state index in [1.54, 1.807) is 6.20 Å². The van der Waals surface area contributed by atoms with Crippen molar-refractivity contribution in [2.45, 2.75) is 25.4 Å². The van der Waals surface area contributed by atoms with Gasteiger partial charge in [0.2, 0.25) is 0 Å². The number of carbonyl (C=O) groups is 1. The maximum atomic E-state index is 13.2. The molecule has 3 aliphatic heterocycles. The molecule has 0 aliphatic carbocycles. The van der Waals surface area contributed by atoms with Crippen molar-refractivity contribution in [2.24, 2.45) is 5.41 Å². The number of ether oxygens (including phenoxy) is 1. The molecule has 2 aromatic heterocycles. The van der Waals surface area contributed by atoms with Crippen LogP contribution >= 0.6 is 11.6 Å². The van der Waals surface area contributed by atoms with Crippen LogP contribution < -0.4 is 10.1 Å². The molecule has 7 heteroatoms. The fraction of sp³-hybridized carbons (Fsp3) is 0.391. The predicted octanol–water partition coefficient (Wildman–Crippen LogP) is 3.40. The van der Waals surface area contributed by atoms with E-state index in [4.69, 9.17) is 16.3 Å². The number of aromatic amines is 1. The average molecular weight is 423 g/mol. The summed E-state index contributed by atoms with van der Waals surface area (Å²) < 4.78 is 6.29. The third kappa shape index (κ3) is 2.81. The van der Waals surface area contributed by atoms with E-state index in [1.807, 2.05) is 35.4 Å². The Hall–Kier alpha value is -2.57. The molecule has 154 valence electrons. The first kappa shape index (κ1) is 18.2. The molecule has 0 saturated carbocycles. The molecule has 1 aromatic carbocycles. The van der Waals surface area contributed by atoms with Crippen LogP contribution in [0.15, 0.2) is 36.7 Å². The number of aromatic nitrogens is 2. The molecule has 6 rings (SSSR count). The summed E-state index contributed by atoms with van der Waals surface area (Å²) in [5.74, 6) is 0.861. The number of halogens is 1. The minimum absolute atomic E-state index is 0.0944. The highest BCUT2D eigenvalue weighted by Crippen LogP contribution is 2.43. The van der Waals surface area contributed by atoms with Crippen molar-refractivity contribution >= 4 is 28.5 Å². The second-order valence-corrected chi connectivity index (χ2v) is 9.22. The Morgan fingerprint density at radius 3 is 2.80 bits per heavy atom. The SMILES string of the molecule is O=C([C@H]1Cc2cc(Cl)cc(-c3ccnc4[nH]ccc34)c2O1)N1CCC2(CC1)CNC2. The number of hydrogen-bond donors (Lipinski definition) is 2. The smallest absolute Gasteiger partial charge is 0.263 e. The average Bonchev–Trinajstić information content (AvgIpc) is 3.38. The van der Waals surface area contributed by atoms with Crippen molar-refractivity contribution in [2.75, 3.05) is 26.2 Å². The number of fused-ring (bicyclic) bond motifs is 2. The summed E-state index contributed by atoms with van der Waals surface area (Å²) in [6, 6.07) is 7.82. The van der Waals surface area contributed by atoms with Crippen LogP contribution in [0.5, 0.6) is 5.75 Å². The normalized spacial score (nSPS) is 22.0. The van der Waals surface area contributed by atoms with E-state index >= 15 is 0 Å². The number of nitrogens with one attached hydrogen (secondary N) is 2. The Bertz CT molecular complexity index is 1140. The predicted molar refractivity (Wildman–Crippen MR) is 116 cm³/mol. The van der Waals surface area contributed by atoms with Gasteiger partial charge < -0.3 is 19.9 Å². The molecule has 3 aliphatic rings. The largest absolute Gasteiger partial charge is 0.479 e. The Morgan fingerprint density at radius 1 is 1.20 bits per heavy atom. The van der Waals surface area contributed by atoms with Crippen LogP contribution in [0, 0.1) is 5.41 Å².